The van der Waals surface area contributed by atoms with Crippen molar-refractivity contribution in [1.82, 2.24) is 4.90 Å². The van der Waals surface area contributed by atoms with Gasteiger partial charge in [-0.15, -0.1) is 0 Å². The molecule has 1 aliphatic heterocycles. The lowest BCUT2D eigenvalue weighted by molar-refractivity contribution is -0.132. The van der Waals surface area contributed by atoms with Crippen LogP contribution in [-0.2, 0) is 17.1 Å². The predicted molar refractivity (Wildman–Crippen MR) is 112 cm³/mol. The smallest absolute Gasteiger partial charge is 0.223 e. The molecule has 0 aromatic heterocycles. The van der Waals surface area contributed by atoms with Crippen LogP contribution in [0, 0.1) is 12.8 Å². The summed E-state index contributed by atoms with van der Waals surface area (Å²) in [5.41, 5.74) is 1.90. The molecule has 1 heterocycles. The second-order valence-corrected chi connectivity index (χ2v) is 8.53. The Morgan fingerprint density at radius 1 is 1.14 bits per heavy atom. The summed E-state index contributed by atoms with van der Waals surface area (Å²) in [7, 11) is 0. The monoisotopic (exact) mass is 418 g/mol. The van der Waals surface area contributed by atoms with Crippen LogP contribution in [0.3, 0.4) is 0 Å². The molecule has 154 valence electrons. The number of nitrogens with zero attached hydrogens (tertiary/aromatic N) is 2. The second-order valence-electron chi connectivity index (χ2n) is 8.10. The van der Waals surface area contributed by atoms with Gasteiger partial charge in [-0.2, -0.15) is 0 Å². The van der Waals surface area contributed by atoms with Crippen molar-refractivity contribution < 1.29 is 13.6 Å². The third kappa shape index (κ3) is 4.11. The van der Waals surface area contributed by atoms with Crippen LogP contribution in [0.15, 0.2) is 42.5 Å². The fourth-order valence-electron chi connectivity index (χ4n) is 4.22. The number of amides is 1. The van der Waals surface area contributed by atoms with E-state index in [1.807, 2.05) is 23.1 Å². The zero-order valence-corrected chi connectivity index (χ0v) is 17.3. The van der Waals surface area contributed by atoms with E-state index in [0.717, 1.165) is 24.3 Å². The molecule has 0 spiro atoms. The van der Waals surface area contributed by atoms with Crippen molar-refractivity contribution in [3.63, 3.8) is 0 Å². The second kappa shape index (κ2) is 7.94. The topological polar surface area (TPSA) is 23.6 Å². The molecule has 3 nitrogen and oxygen atoms in total. The molecule has 29 heavy (non-hydrogen) atoms. The maximum absolute atomic E-state index is 15.1. The van der Waals surface area contributed by atoms with Gasteiger partial charge in [0.1, 0.15) is 12.3 Å². The average molecular weight is 419 g/mol. The van der Waals surface area contributed by atoms with Gasteiger partial charge in [0.05, 0.1) is 0 Å². The van der Waals surface area contributed by atoms with Gasteiger partial charge in [0.25, 0.3) is 0 Å². The molecular formula is C23H25ClF2N2O. The van der Waals surface area contributed by atoms with Gasteiger partial charge in [-0.3, -0.25) is 4.79 Å². The van der Waals surface area contributed by atoms with Gasteiger partial charge in [0, 0.05) is 49.2 Å². The Morgan fingerprint density at radius 3 is 2.48 bits per heavy atom. The Kier molecular flexibility index (Phi) is 5.52. The Morgan fingerprint density at radius 2 is 1.83 bits per heavy atom. The molecule has 4 rings (SSSR count). The molecule has 0 radical (unpaired) electrons. The molecule has 0 N–H and O–H groups in total. The standard InChI is InChI=1S/C23H25ClF2N2O/c1-16-2-7-20(24)13-21(16)27-8-10-28(11-9-27)22(29)12-19-14-23(19,26)18-5-3-17(15-25)4-6-18/h2-7,13,19H,8-12,14-15H2,1H3/t19-,23-/m1/s1. The lowest BCUT2D eigenvalue weighted by Gasteiger charge is -2.37. The van der Waals surface area contributed by atoms with Gasteiger partial charge in [0.2, 0.25) is 5.91 Å². The van der Waals surface area contributed by atoms with Crippen LogP contribution in [0.2, 0.25) is 5.02 Å². The summed E-state index contributed by atoms with van der Waals surface area (Å²) in [5, 5.41) is 0.705. The zero-order chi connectivity index (χ0) is 20.6. The summed E-state index contributed by atoms with van der Waals surface area (Å²) in [4.78, 5) is 16.8. The molecule has 1 saturated carbocycles. The highest BCUT2D eigenvalue weighted by Crippen LogP contribution is 2.57. The third-order valence-corrected chi connectivity index (χ3v) is 6.42. The Balaban J connectivity index is 1.32. The number of piperazine rings is 1. The molecule has 1 aliphatic carbocycles. The molecule has 2 fully saturated rings. The van der Waals surface area contributed by atoms with Crippen LogP contribution in [-0.4, -0.2) is 37.0 Å². The normalized spacial score (nSPS) is 23.9. The van der Waals surface area contributed by atoms with Gasteiger partial charge in [0.15, 0.2) is 0 Å². The molecule has 1 amide bonds. The number of alkyl halides is 2. The Hall–Kier alpha value is -2.14. The highest BCUT2D eigenvalue weighted by atomic mass is 35.5. The minimum atomic E-state index is -1.45. The largest absolute Gasteiger partial charge is 0.368 e. The molecular weight excluding hydrogens is 394 g/mol. The molecule has 0 bridgehead atoms. The molecule has 1 saturated heterocycles. The first kappa shape index (κ1) is 20.1. The van der Waals surface area contributed by atoms with Crippen molar-refractivity contribution in [3.8, 4) is 0 Å². The van der Waals surface area contributed by atoms with Crippen LogP contribution in [0.5, 0.6) is 0 Å². The van der Waals surface area contributed by atoms with Crippen molar-refractivity contribution in [2.45, 2.75) is 32.1 Å². The number of carbonyl (C=O) groups is 1. The van der Waals surface area contributed by atoms with E-state index in [1.165, 1.54) is 0 Å². The molecule has 2 aromatic carbocycles. The molecule has 2 aliphatic rings. The number of aryl methyl sites for hydroxylation is 1. The number of carbonyl (C=O) groups excluding carboxylic acids is 1. The number of anilines is 1. The first-order valence-corrected chi connectivity index (χ1v) is 10.4. The highest BCUT2D eigenvalue weighted by molar-refractivity contribution is 6.30. The van der Waals surface area contributed by atoms with E-state index in [4.69, 9.17) is 11.6 Å². The average Bonchev–Trinajstić information content (AvgIpc) is 3.40. The van der Waals surface area contributed by atoms with Gasteiger partial charge >= 0.3 is 0 Å². The quantitative estimate of drug-likeness (QED) is 0.679. The summed E-state index contributed by atoms with van der Waals surface area (Å²) in [6.45, 7) is 4.23. The number of hydrogen-bond acceptors (Lipinski definition) is 2. The van der Waals surface area contributed by atoms with E-state index in [1.54, 1.807) is 24.3 Å². The van der Waals surface area contributed by atoms with Gasteiger partial charge in [-0.05, 0) is 42.2 Å². The molecule has 0 unspecified atom stereocenters. The lowest BCUT2D eigenvalue weighted by Crippen LogP contribution is -2.49. The highest BCUT2D eigenvalue weighted by Gasteiger charge is 2.57. The van der Waals surface area contributed by atoms with Crippen molar-refractivity contribution in [1.29, 1.82) is 0 Å². The molecule has 2 aromatic rings. The van der Waals surface area contributed by atoms with Gasteiger partial charge in [-0.25, -0.2) is 8.78 Å². The maximum Gasteiger partial charge on any atom is 0.223 e. The van der Waals surface area contributed by atoms with Crippen LogP contribution < -0.4 is 4.90 Å². The van der Waals surface area contributed by atoms with Crippen LogP contribution in [0.25, 0.3) is 0 Å². The van der Waals surface area contributed by atoms with Crippen LogP contribution in [0.1, 0.15) is 29.5 Å². The van der Waals surface area contributed by atoms with E-state index in [-0.39, 0.29) is 18.2 Å². The van der Waals surface area contributed by atoms with E-state index in [9.17, 15) is 9.18 Å². The fraction of sp³-hybridized carbons (Fsp3) is 0.435. The summed E-state index contributed by atoms with van der Waals surface area (Å²) in [6.07, 6.45) is 0.576. The van der Waals surface area contributed by atoms with Crippen molar-refractivity contribution in [2.24, 2.45) is 5.92 Å². The number of benzene rings is 2. The summed E-state index contributed by atoms with van der Waals surface area (Å²) in [6, 6.07) is 12.4. The minimum Gasteiger partial charge on any atom is -0.368 e. The number of halogens is 3. The van der Waals surface area contributed by atoms with E-state index in [2.05, 4.69) is 11.8 Å². The van der Waals surface area contributed by atoms with Crippen LogP contribution in [0.4, 0.5) is 14.5 Å². The van der Waals surface area contributed by atoms with Crippen molar-refractivity contribution >= 4 is 23.2 Å². The van der Waals surface area contributed by atoms with Crippen molar-refractivity contribution in [3.05, 3.63) is 64.2 Å². The summed E-state index contributed by atoms with van der Waals surface area (Å²) < 4.78 is 27.8. The Bertz CT molecular complexity index is 896. The van der Waals surface area contributed by atoms with Gasteiger partial charge in [-0.1, -0.05) is 41.9 Å². The maximum atomic E-state index is 15.1. The summed E-state index contributed by atoms with van der Waals surface area (Å²) in [5.74, 6) is -0.281. The SMILES string of the molecule is Cc1ccc(Cl)cc1N1CCN(C(=O)C[C@@H]2C[C@@]2(F)c2ccc(CF)cc2)CC1. The van der Waals surface area contributed by atoms with Crippen LogP contribution >= 0.6 is 11.6 Å². The zero-order valence-electron chi connectivity index (χ0n) is 16.5. The van der Waals surface area contributed by atoms with E-state index < -0.39 is 12.3 Å². The first-order valence-electron chi connectivity index (χ1n) is 10.0. The van der Waals surface area contributed by atoms with E-state index in [0.29, 0.717) is 35.7 Å². The third-order valence-electron chi connectivity index (χ3n) is 6.18. The first-order chi connectivity index (χ1) is 13.9. The van der Waals surface area contributed by atoms with E-state index >= 15 is 4.39 Å². The summed E-state index contributed by atoms with van der Waals surface area (Å²) >= 11 is 6.13. The lowest BCUT2D eigenvalue weighted by atomic mass is 10.0. The number of hydrogen-bond donors (Lipinski definition) is 0. The fourth-order valence-corrected chi connectivity index (χ4v) is 4.38. The van der Waals surface area contributed by atoms with Gasteiger partial charge < -0.3 is 9.80 Å². The minimum absolute atomic E-state index is 0.0115. The molecule has 2 atom stereocenters. The predicted octanol–water partition coefficient (Wildman–Crippen LogP) is 5.04. The number of rotatable bonds is 5. The molecule has 6 heteroatoms. The van der Waals surface area contributed by atoms with Crippen molar-refractivity contribution in [2.75, 3.05) is 31.1 Å². The Labute approximate surface area is 175 Å².